The lowest BCUT2D eigenvalue weighted by atomic mass is 10.1. The molecule has 0 aromatic carbocycles. The molecule has 1 saturated carbocycles. The molecular formula is C10H20FNO2S. The van der Waals surface area contributed by atoms with E-state index in [0.29, 0.717) is 19.3 Å². The Hall–Kier alpha value is 0.160. The number of nitrogens with one attached hydrogen (secondary N) is 1. The van der Waals surface area contributed by atoms with Crippen LogP contribution in [0, 0.1) is 0 Å². The predicted molar refractivity (Wildman–Crippen MR) is 59.6 cm³/mol. The van der Waals surface area contributed by atoms with Crippen molar-refractivity contribution < 1.29 is 14.0 Å². The lowest BCUT2D eigenvalue weighted by Gasteiger charge is -2.29. The van der Waals surface area contributed by atoms with E-state index in [0.717, 1.165) is 0 Å². The van der Waals surface area contributed by atoms with Crippen LogP contribution in [0.4, 0.5) is 4.39 Å². The molecule has 90 valence electrons. The largest absolute Gasteiger partial charge is 0.598 e. The molecule has 2 atom stereocenters. The molecule has 0 saturated heterocycles. The summed E-state index contributed by atoms with van der Waals surface area (Å²) in [6, 6.07) is -0.484. The number of aliphatic hydroxyl groups is 1. The van der Waals surface area contributed by atoms with Crippen molar-refractivity contribution in [3.05, 3.63) is 0 Å². The van der Waals surface area contributed by atoms with Gasteiger partial charge in [-0.25, -0.2) is 4.39 Å². The van der Waals surface area contributed by atoms with Gasteiger partial charge in [0.15, 0.2) is 0 Å². The van der Waals surface area contributed by atoms with E-state index in [1.807, 2.05) is 20.8 Å². The maximum atomic E-state index is 13.8. The molecule has 1 fully saturated rings. The van der Waals surface area contributed by atoms with Crippen LogP contribution in [0.25, 0.3) is 0 Å². The van der Waals surface area contributed by atoms with Crippen LogP contribution < -0.4 is 4.72 Å². The first-order valence-electron chi connectivity index (χ1n) is 5.27. The molecule has 0 amide bonds. The molecule has 0 heterocycles. The average Bonchev–Trinajstić information content (AvgIpc) is 2.82. The average molecular weight is 237 g/mol. The Kier molecular flexibility index (Phi) is 4.03. The van der Waals surface area contributed by atoms with Gasteiger partial charge in [-0.05, 0) is 40.0 Å². The van der Waals surface area contributed by atoms with Crippen molar-refractivity contribution in [1.29, 1.82) is 0 Å². The van der Waals surface area contributed by atoms with Crippen molar-refractivity contribution in [2.45, 2.75) is 56.5 Å². The molecule has 0 aliphatic heterocycles. The van der Waals surface area contributed by atoms with Gasteiger partial charge in [-0.1, -0.05) is 0 Å². The van der Waals surface area contributed by atoms with Gasteiger partial charge in [-0.15, -0.1) is 4.72 Å². The number of hydrogen-bond donors (Lipinski definition) is 2. The van der Waals surface area contributed by atoms with Crippen LogP contribution in [-0.4, -0.2) is 32.7 Å². The van der Waals surface area contributed by atoms with Gasteiger partial charge in [0.05, 0.1) is 6.04 Å². The van der Waals surface area contributed by atoms with Gasteiger partial charge in [-0.2, -0.15) is 0 Å². The third kappa shape index (κ3) is 3.59. The lowest BCUT2D eigenvalue weighted by molar-refractivity contribution is 0.194. The molecule has 0 aromatic rings. The van der Waals surface area contributed by atoms with Gasteiger partial charge in [0.1, 0.15) is 10.4 Å². The lowest BCUT2D eigenvalue weighted by Crippen LogP contribution is -2.49. The van der Waals surface area contributed by atoms with Gasteiger partial charge in [0.25, 0.3) is 0 Å². The minimum atomic E-state index is -1.28. The van der Waals surface area contributed by atoms with Gasteiger partial charge in [-0.3, -0.25) is 0 Å². The molecule has 2 N–H and O–H groups in total. The maximum Gasteiger partial charge on any atom is 0.136 e. The first kappa shape index (κ1) is 13.2. The highest BCUT2D eigenvalue weighted by Crippen LogP contribution is 2.44. The summed E-state index contributed by atoms with van der Waals surface area (Å²) in [4.78, 5) is 0. The Bertz CT molecular complexity index is 216. The third-order valence-corrected chi connectivity index (χ3v) is 4.19. The number of alkyl halides is 1. The van der Waals surface area contributed by atoms with Gasteiger partial charge in [0.2, 0.25) is 0 Å². The Labute approximate surface area is 93.8 Å². The maximum absolute atomic E-state index is 13.8. The first-order chi connectivity index (χ1) is 6.79. The molecule has 3 nitrogen and oxygen atoms in total. The summed E-state index contributed by atoms with van der Waals surface area (Å²) in [6.07, 6.45) is 1.33. The van der Waals surface area contributed by atoms with Crippen LogP contribution in [0.1, 0.15) is 40.0 Å². The molecule has 0 spiro atoms. The first-order valence-corrected chi connectivity index (χ1v) is 6.42. The van der Waals surface area contributed by atoms with Gasteiger partial charge < -0.3 is 9.66 Å². The molecule has 0 aromatic heterocycles. The van der Waals surface area contributed by atoms with Crippen LogP contribution in [0.15, 0.2) is 0 Å². The molecule has 15 heavy (non-hydrogen) atoms. The zero-order valence-electron chi connectivity index (χ0n) is 9.55. The summed E-state index contributed by atoms with van der Waals surface area (Å²) in [7, 11) is 0. The number of rotatable bonds is 5. The molecule has 1 rings (SSSR count). The summed E-state index contributed by atoms with van der Waals surface area (Å²) in [5, 5.41) is 8.84. The fourth-order valence-corrected chi connectivity index (χ4v) is 2.27. The summed E-state index contributed by atoms with van der Waals surface area (Å²) < 4.78 is 28.0. The molecule has 0 bridgehead atoms. The zero-order chi connectivity index (χ0) is 11.7. The minimum Gasteiger partial charge on any atom is -0.598 e. The molecule has 0 radical (unpaired) electrons. The Morgan fingerprint density at radius 1 is 1.53 bits per heavy atom. The topological polar surface area (TPSA) is 55.3 Å². The Balaban J connectivity index is 2.52. The van der Waals surface area contributed by atoms with Crippen molar-refractivity contribution in [3.8, 4) is 0 Å². The number of aliphatic hydroxyl groups excluding tert-OH is 1. The van der Waals surface area contributed by atoms with E-state index < -0.39 is 27.8 Å². The molecule has 5 heteroatoms. The zero-order valence-corrected chi connectivity index (χ0v) is 10.4. The van der Waals surface area contributed by atoms with Gasteiger partial charge >= 0.3 is 0 Å². The van der Waals surface area contributed by atoms with E-state index in [1.165, 1.54) is 0 Å². The Morgan fingerprint density at radius 3 is 2.40 bits per heavy atom. The van der Waals surface area contributed by atoms with Crippen molar-refractivity contribution in [2.75, 3.05) is 6.61 Å². The normalized spacial score (nSPS) is 23.6. The molecule has 1 unspecified atom stereocenters. The minimum absolute atomic E-state index is 0.0787. The van der Waals surface area contributed by atoms with Crippen LogP contribution in [0.3, 0.4) is 0 Å². The number of halogens is 1. The SMILES string of the molecule is CC(C)(C)[S@@+]([O-])NC(CCO)C1(F)CC1. The predicted octanol–water partition coefficient (Wildman–Crippen LogP) is 1.29. The van der Waals surface area contributed by atoms with Crippen LogP contribution >= 0.6 is 0 Å². The summed E-state index contributed by atoms with van der Waals surface area (Å²) in [5.74, 6) is 0. The van der Waals surface area contributed by atoms with Crippen molar-refractivity contribution in [1.82, 2.24) is 4.72 Å². The highest BCUT2D eigenvalue weighted by Gasteiger charge is 2.52. The van der Waals surface area contributed by atoms with Crippen LogP contribution in [-0.2, 0) is 11.4 Å². The van der Waals surface area contributed by atoms with Crippen molar-refractivity contribution in [2.24, 2.45) is 0 Å². The van der Waals surface area contributed by atoms with Gasteiger partial charge in [0, 0.05) is 18.0 Å². The molecule has 1 aliphatic carbocycles. The number of hydrogen-bond acceptors (Lipinski definition) is 3. The van der Waals surface area contributed by atoms with Crippen LogP contribution in [0.5, 0.6) is 0 Å². The highest BCUT2D eigenvalue weighted by atomic mass is 32.2. The Morgan fingerprint density at radius 2 is 2.07 bits per heavy atom. The van der Waals surface area contributed by atoms with E-state index in [9.17, 15) is 8.94 Å². The van der Waals surface area contributed by atoms with E-state index in [-0.39, 0.29) is 6.61 Å². The molecular weight excluding hydrogens is 217 g/mol. The van der Waals surface area contributed by atoms with Crippen molar-refractivity contribution in [3.63, 3.8) is 0 Å². The second-order valence-corrected chi connectivity index (χ2v) is 7.10. The van der Waals surface area contributed by atoms with Crippen molar-refractivity contribution >= 4 is 11.4 Å². The van der Waals surface area contributed by atoms with E-state index in [4.69, 9.17) is 5.11 Å². The second kappa shape index (κ2) is 4.57. The summed E-state index contributed by atoms with van der Waals surface area (Å²) in [6.45, 7) is 5.43. The fraction of sp³-hybridized carbons (Fsp3) is 1.00. The van der Waals surface area contributed by atoms with E-state index in [2.05, 4.69) is 4.72 Å². The smallest absolute Gasteiger partial charge is 0.136 e. The van der Waals surface area contributed by atoms with E-state index in [1.54, 1.807) is 0 Å². The monoisotopic (exact) mass is 237 g/mol. The summed E-state index contributed by atoms with van der Waals surface area (Å²) in [5.41, 5.74) is -1.25. The third-order valence-electron chi connectivity index (χ3n) is 2.58. The van der Waals surface area contributed by atoms with Crippen LogP contribution in [0.2, 0.25) is 0 Å². The summed E-state index contributed by atoms with van der Waals surface area (Å²) >= 11 is -1.28. The fourth-order valence-electron chi connectivity index (χ4n) is 1.33. The standard InChI is InChI=1S/C10H20FNO2S/c1-9(2,3)15(14)12-8(4-7-13)10(11)5-6-10/h8,12-13H,4-7H2,1-3H3/t8?,15-/m1/s1. The quantitative estimate of drug-likeness (QED) is 0.708. The second-order valence-electron chi connectivity index (χ2n) is 5.10. The molecule has 1 aliphatic rings. The van der Waals surface area contributed by atoms with E-state index >= 15 is 0 Å². The highest BCUT2D eigenvalue weighted by molar-refractivity contribution is 7.90.